The van der Waals surface area contributed by atoms with Crippen molar-refractivity contribution in [3.63, 3.8) is 0 Å². The number of aromatic nitrogens is 2. The number of carbonyl (C=O) groups excluding carboxylic acids is 1. The van der Waals surface area contributed by atoms with Crippen LogP contribution in [-0.2, 0) is 4.79 Å². The van der Waals surface area contributed by atoms with Gasteiger partial charge in [-0.2, -0.15) is 0 Å². The van der Waals surface area contributed by atoms with Gasteiger partial charge in [0, 0.05) is 5.69 Å². The molecule has 1 N–H and O–H groups in total. The lowest BCUT2D eigenvalue weighted by Crippen LogP contribution is -2.23. The van der Waals surface area contributed by atoms with Crippen LogP contribution in [0.15, 0.2) is 28.6 Å². The number of aryl methyl sites for hydroxylation is 1. The molecule has 1 atom stereocenters. The number of hydrogen-bond acceptors (Lipinski definition) is 5. The summed E-state index contributed by atoms with van der Waals surface area (Å²) in [4.78, 5) is 12.3. The molecule has 2 aromatic rings. The summed E-state index contributed by atoms with van der Waals surface area (Å²) in [5.41, 5.74) is 2.04. The number of benzene rings is 1. The SMILES string of the molecule is Cc1nnc(S[C@@H](C)C(=O)Nc2ccccc2C(C)C)s1. The number of rotatable bonds is 5. The van der Waals surface area contributed by atoms with Gasteiger partial charge in [0.2, 0.25) is 5.91 Å². The number of hydrogen-bond donors (Lipinski definition) is 1. The molecular weight excluding hydrogens is 302 g/mol. The van der Waals surface area contributed by atoms with E-state index in [4.69, 9.17) is 0 Å². The van der Waals surface area contributed by atoms with Crippen LogP contribution in [0, 0.1) is 6.92 Å². The van der Waals surface area contributed by atoms with Gasteiger partial charge in [0.25, 0.3) is 0 Å². The van der Waals surface area contributed by atoms with Crippen molar-refractivity contribution in [1.29, 1.82) is 0 Å². The molecule has 1 aromatic heterocycles. The van der Waals surface area contributed by atoms with Gasteiger partial charge < -0.3 is 5.32 Å². The molecular formula is C15H19N3OS2. The summed E-state index contributed by atoms with van der Waals surface area (Å²) in [6.45, 7) is 8.03. The Bertz CT molecular complexity index is 625. The number of carbonyl (C=O) groups is 1. The van der Waals surface area contributed by atoms with Crippen molar-refractivity contribution in [3.05, 3.63) is 34.8 Å². The molecule has 0 fully saturated rings. The highest BCUT2D eigenvalue weighted by Gasteiger charge is 2.18. The number of amides is 1. The van der Waals surface area contributed by atoms with Gasteiger partial charge in [-0.25, -0.2) is 0 Å². The minimum absolute atomic E-state index is 0.0130. The molecule has 4 nitrogen and oxygen atoms in total. The Balaban J connectivity index is 2.04. The van der Waals surface area contributed by atoms with E-state index < -0.39 is 0 Å². The molecule has 112 valence electrons. The lowest BCUT2D eigenvalue weighted by molar-refractivity contribution is -0.115. The molecule has 2 rings (SSSR count). The van der Waals surface area contributed by atoms with Gasteiger partial charge in [0.1, 0.15) is 5.01 Å². The third kappa shape index (κ3) is 4.28. The second-order valence-corrected chi connectivity index (χ2v) is 7.85. The lowest BCUT2D eigenvalue weighted by atomic mass is 10.0. The molecule has 0 bridgehead atoms. The fraction of sp³-hybridized carbons (Fsp3) is 0.400. The Labute approximate surface area is 133 Å². The van der Waals surface area contributed by atoms with E-state index in [0.717, 1.165) is 20.6 Å². The van der Waals surface area contributed by atoms with Gasteiger partial charge in [-0.1, -0.05) is 55.1 Å². The zero-order valence-electron chi connectivity index (χ0n) is 12.6. The quantitative estimate of drug-likeness (QED) is 0.843. The largest absolute Gasteiger partial charge is 0.325 e. The average Bonchev–Trinajstić information content (AvgIpc) is 2.84. The highest BCUT2D eigenvalue weighted by molar-refractivity contribution is 8.02. The molecule has 0 unspecified atom stereocenters. The third-order valence-corrected chi connectivity index (χ3v) is 5.02. The van der Waals surface area contributed by atoms with Crippen molar-refractivity contribution >= 4 is 34.7 Å². The van der Waals surface area contributed by atoms with Gasteiger partial charge in [0.15, 0.2) is 4.34 Å². The van der Waals surface area contributed by atoms with Crippen molar-refractivity contribution in [1.82, 2.24) is 10.2 Å². The predicted molar refractivity (Wildman–Crippen MR) is 89.1 cm³/mol. The summed E-state index contributed by atoms with van der Waals surface area (Å²) in [5.74, 6) is 0.358. The van der Waals surface area contributed by atoms with E-state index in [0.29, 0.717) is 5.92 Å². The Morgan fingerprint density at radius 3 is 2.57 bits per heavy atom. The van der Waals surface area contributed by atoms with Crippen molar-refractivity contribution in [2.24, 2.45) is 0 Å². The van der Waals surface area contributed by atoms with E-state index in [1.54, 1.807) is 0 Å². The minimum atomic E-state index is -0.211. The fourth-order valence-corrected chi connectivity index (χ4v) is 3.84. The maximum Gasteiger partial charge on any atom is 0.237 e. The maximum atomic E-state index is 12.3. The van der Waals surface area contributed by atoms with E-state index in [-0.39, 0.29) is 11.2 Å². The summed E-state index contributed by atoms with van der Waals surface area (Å²) >= 11 is 2.95. The van der Waals surface area contributed by atoms with Gasteiger partial charge in [-0.3, -0.25) is 4.79 Å². The summed E-state index contributed by atoms with van der Waals surface area (Å²) in [7, 11) is 0. The summed E-state index contributed by atoms with van der Waals surface area (Å²) in [6.07, 6.45) is 0. The second kappa shape index (κ2) is 7.04. The number of anilines is 1. The Kier molecular flexibility index (Phi) is 5.36. The standard InChI is InChI=1S/C15H19N3OS2/c1-9(2)12-7-5-6-8-13(12)16-14(19)10(3)20-15-18-17-11(4)21-15/h5-10H,1-4H3,(H,16,19)/t10-/m0/s1. The Hall–Kier alpha value is -1.40. The third-order valence-electron chi connectivity index (χ3n) is 2.99. The molecule has 1 amide bonds. The highest BCUT2D eigenvalue weighted by Crippen LogP contribution is 2.28. The molecule has 0 aliphatic heterocycles. The van der Waals surface area contributed by atoms with Crippen molar-refractivity contribution in [2.75, 3.05) is 5.32 Å². The first-order chi connectivity index (χ1) is 9.97. The molecule has 0 saturated carbocycles. The molecule has 0 aliphatic carbocycles. The number of thioether (sulfide) groups is 1. The average molecular weight is 321 g/mol. The molecule has 1 aromatic carbocycles. The fourth-order valence-electron chi connectivity index (χ4n) is 1.88. The van der Waals surface area contributed by atoms with Crippen molar-refractivity contribution < 1.29 is 4.79 Å². The van der Waals surface area contributed by atoms with Crippen LogP contribution in [-0.4, -0.2) is 21.4 Å². The molecule has 0 radical (unpaired) electrons. The summed E-state index contributed by atoms with van der Waals surface area (Å²) < 4.78 is 0.826. The van der Waals surface area contributed by atoms with E-state index in [9.17, 15) is 4.79 Å². The topological polar surface area (TPSA) is 54.9 Å². The first kappa shape index (κ1) is 16.0. The maximum absolute atomic E-state index is 12.3. The molecule has 6 heteroatoms. The zero-order chi connectivity index (χ0) is 15.4. The first-order valence-electron chi connectivity index (χ1n) is 6.84. The molecule has 21 heavy (non-hydrogen) atoms. The normalized spacial score (nSPS) is 12.4. The van der Waals surface area contributed by atoms with Gasteiger partial charge in [0.05, 0.1) is 5.25 Å². The Morgan fingerprint density at radius 1 is 1.24 bits per heavy atom. The highest BCUT2D eigenvalue weighted by atomic mass is 32.2. The smallest absolute Gasteiger partial charge is 0.237 e. The van der Waals surface area contributed by atoms with Crippen LogP contribution in [0.1, 0.15) is 37.3 Å². The van der Waals surface area contributed by atoms with Gasteiger partial charge >= 0.3 is 0 Å². The van der Waals surface area contributed by atoms with E-state index in [2.05, 4.69) is 29.4 Å². The Morgan fingerprint density at radius 2 is 1.95 bits per heavy atom. The summed E-state index contributed by atoms with van der Waals surface area (Å²) in [6, 6.07) is 7.92. The van der Waals surface area contributed by atoms with Crippen LogP contribution in [0.5, 0.6) is 0 Å². The van der Waals surface area contributed by atoms with Crippen LogP contribution < -0.4 is 5.32 Å². The summed E-state index contributed by atoms with van der Waals surface area (Å²) in [5, 5.41) is 11.7. The van der Waals surface area contributed by atoms with Crippen molar-refractivity contribution in [2.45, 2.75) is 43.2 Å². The number of nitrogens with zero attached hydrogens (tertiary/aromatic N) is 2. The molecule has 0 spiro atoms. The van der Waals surface area contributed by atoms with Crippen LogP contribution in [0.4, 0.5) is 5.69 Å². The zero-order valence-corrected chi connectivity index (χ0v) is 14.2. The molecule has 0 aliphatic rings. The lowest BCUT2D eigenvalue weighted by Gasteiger charge is -2.15. The minimum Gasteiger partial charge on any atom is -0.325 e. The van der Waals surface area contributed by atoms with E-state index >= 15 is 0 Å². The number of para-hydroxylation sites is 1. The van der Waals surface area contributed by atoms with Crippen LogP contribution in [0.2, 0.25) is 0 Å². The van der Waals surface area contributed by atoms with Crippen LogP contribution in [0.3, 0.4) is 0 Å². The predicted octanol–water partition coefficient (Wildman–Crippen LogP) is 4.09. The second-order valence-electron chi connectivity index (χ2n) is 5.08. The van der Waals surface area contributed by atoms with Gasteiger partial charge in [-0.05, 0) is 31.4 Å². The monoisotopic (exact) mass is 321 g/mol. The van der Waals surface area contributed by atoms with Crippen LogP contribution in [0.25, 0.3) is 0 Å². The number of nitrogens with one attached hydrogen (secondary N) is 1. The first-order valence-corrected chi connectivity index (χ1v) is 8.53. The van der Waals surface area contributed by atoms with Crippen molar-refractivity contribution in [3.8, 4) is 0 Å². The van der Waals surface area contributed by atoms with E-state index in [1.165, 1.54) is 23.1 Å². The molecule has 1 heterocycles. The van der Waals surface area contributed by atoms with Crippen LogP contribution >= 0.6 is 23.1 Å². The van der Waals surface area contributed by atoms with E-state index in [1.807, 2.05) is 38.1 Å². The van der Waals surface area contributed by atoms with Gasteiger partial charge in [-0.15, -0.1) is 10.2 Å². The molecule has 0 saturated heterocycles.